The third kappa shape index (κ3) is 5.07. The zero-order valence-corrected chi connectivity index (χ0v) is 20.4. The zero-order chi connectivity index (χ0) is 25.3. The molecule has 0 saturated heterocycles. The molecule has 0 radical (unpaired) electrons. The minimum absolute atomic E-state index is 0.0143. The van der Waals surface area contributed by atoms with Gasteiger partial charge in [0.15, 0.2) is 5.78 Å². The molecule has 2 heterocycles. The number of rotatable bonds is 4. The van der Waals surface area contributed by atoms with E-state index in [0.29, 0.717) is 28.1 Å². The molecule has 0 spiro atoms. The van der Waals surface area contributed by atoms with Gasteiger partial charge in [0.25, 0.3) is 11.1 Å². The monoisotopic (exact) mass is 519 g/mol. The van der Waals surface area contributed by atoms with Crippen molar-refractivity contribution in [1.29, 1.82) is 0 Å². The molecule has 2 aromatic carbocycles. The summed E-state index contributed by atoms with van der Waals surface area (Å²) in [5.74, 6) is -0.159. The Labute approximate surface area is 204 Å². The Morgan fingerprint density at radius 2 is 1.68 bits per heavy atom. The average molecular weight is 520 g/mol. The summed E-state index contributed by atoms with van der Waals surface area (Å²) in [5.41, 5.74) is 1.00. The highest BCUT2D eigenvalue weighted by Gasteiger charge is 2.19. The fourth-order valence-electron chi connectivity index (χ4n) is 3.46. The molecular weight excluding hydrogens is 496 g/mol. The summed E-state index contributed by atoms with van der Waals surface area (Å²) in [5, 5.41) is -0.151. The maximum absolute atomic E-state index is 12.8. The predicted octanol–water partition coefficient (Wildman–Crippen LogP) is 2.73. The number of hydrogen-bond acceptors (Lipinski definition) is 4. The first kappa shape index (κ1) is 22.0. The van der Waals surface area contributed by atoms with Crippen LogP contribution in [0.15, 0.2) is 68.9 Å². The van der Waals surface area contributed by atoms with Crippen molar-refractivity contribution in [3.8, 4) is 0 Å². The maximum atomic E-state index is 12.8. The number of halogens is 1. The van der Waals surface area contributed by atoms with Crippen LogP contribution < -0.4 is 21.8 Å². The first-order chi connectivity index (χ1) is 16.5. The molecule has 0 unspecified atom stereocenters. The molecule has 0 aliphatic rings. The van der Waals surface area contributed by atoms with Crippen LogP contribution in [-0.2, 0) is 5.41 Å². The molecule has 4 aromatic rings. The number of hydrogen-bond donors (Lipinski definition) is 3. The normalized spacial score (nSPS) is 13.5. The van der Waals surface area contributed by atoms with E-state index in [4.69, 9.17) is 1.37 Å². The predicted molar refractivity (Wildman–Crippen MR) is 135 cm³/mol. The first-order valence-electron chi connectivity index (χ1n) is 11.0. The van der Waals surface area contributed by atoms with Gasteiger partial charge in [0.1, 0.15) is 10.7 Å². The molecule has 3 N–H and O–H groups in total. The third-order valence-corrected chi connectivity index (χ3v) is 5.65. The molecule has 7 nitrogen and oxygen atoms in total. The molecular formula is C26H23BrN4O3. The van der Waals surface area contributed by atoms with Crippen molar-refractivity contribution in [2.75, 3.05) is 0 Å². The molecule has 0 aliphatic heterocycles. The van der Waals surface area contributed by atoms with E-state index in [1.54, 1.807) is 48.5 Å². The van der Waals surface area contributed by atoms with E-state index in [1.165, 1.54) is 12.4 Å². The van der Waals surface area contributed by atoms with Gasteiger partial charge in [-0.05, 0) is 48.0 Å². The number of H-pyrrole nitrogens is 3. The Morgan fingerprint density at radius 3 is 2.38 bits per heavy atom. The Hall–Kier alpha value is -3.78. The quantitative estimate of drug-likeness (QED) is 0.360. The summed E-state index contributed by atoms with van der Waals surface area (Å²) in [6.45, 7) is 5.84. The van der Waals surface area contributed by atoms with Crippen molar-refractivity contribution in [2.24, 2.45) is 0 Å². The summed E-state index contributed by atoms with van der Waals surface area (Å²) in [7, 11) is 0. The van der Waals surface area contributed by atoms with Crippen LogP contribution in [0.5, 0.6) is 0 Å². The van der Waals surface area contributed by atoms with E-state index >= 15 is 0 Å². The molecule has 0 fully saturated rings. The van der Waals surface area contributed by atoms with Gasteiger partial charge >= 0.3 is 0 Å². The zero-order valence-electron chi connectivity index (χ0n) is 19.8. The van der Waals surface area contributed by atoms with Crippen LogP contribution in [0.2, 0.25) is 0 Å². The molecule has 172 valence electrons. The molecule has 0 atom stereocenters. The minimum Gasteiger partial charge on any atom is -0.345 e. The molecule has 8 heteroatoms. The number of carbonyl (C=O) groups is 1. The van der Waals surface area contributed by atoms with E-state index in [-0.39, 0.29) is 27.9 Å². The number of carbonyl (C=O) groups excluding carboxylic acids is 1. The lowest BCUT2D eigenvalue weighted by Crippen LogP contribution is -2.46. The number of nitrogens with zero attached hydrogens (tertiary/aromatic N) is 1. The van der Waals surface area contributed by atoms with Crippen LogP contribution in [0.4, 0.5) is 0 Å². The summed E-state index contributed by atoms with van der Waals surface area (Å²) in [4.78, 5) is 50.6. The average Bonchev–Trinajstić information content (AvgIpc) is 3.32. The molecule has 34 heavy (non-hydrogen) atoms. The molecule has 0 bridgehead atoms. The molecule has 4 rings (SSSR count). The second-order valence-corrected chi connectivity index (χ2v) is 9.72. The van der Waals surface area contributed by atoms with Crippen LogP contribution >= 0.6 is 15.9 Å². The van der Waals surface area contributed by atoms with Crippen molar-refractivity contribution in [3.05, 3.63) is 119 Å². The summed E-state index contributed by atoms with van der Waals surface area (Å²) in [6, 6.07) is 13.7. The van der Waals surface area contributed by atoms with Gasteiger partial charge in [0.05, 0.1) is 19.1 Å². The topological polar surface area (TPSA) is 111 Å². The van der Waals surface area contributed by atoms with Crippen LogP contribution in [0, 0.1) is 0 Å². The van der Waals surface area contributed by atoms with Gasteiger partial charge in [-0.2, -0.15) is 0 Å². The Bertz CT molecular complexity index is 1660. The van der Waals surface area contributed by atoms with E-state index in [2.05, 4.69) is 35.9 Å². The maximum Gasteiger partial charge on any atom is 0.272 e. The fraction of sp³-hybridized carbons (Fsp3) is 0.154. The van der Waals surface area contributed by atoms with E-state index in [9.17, 15) is 14.4 Å². The molecule has 0 saturated carbocycles. The van der Waals surface area contributed by atoms with Crippen LogP contribution in [0.1, 0.15) is 55.0 Å². The Kier molecular flexibility index (Phi) is 5.98. The highest BCUT2D eigenvalue weighted by atomic mass is 79.9. The summed E-state index contributed by atoms with van der Waals surface area (Å²) in [6.07, 6.45) is 2.95. The van der Waals surface area contributed by atoms with Crippen LogP contribution in [-0.4, -0.2) is 25.7 Å². The lowest BCUT2D eigenvalue weighted by Gasteiger charge is -2.16. The van der Waals surface area contributed by atoms with Crippen LogP contribution in [0.25, 0.3) is 12.1 Å². The number of benzene rings is 2. The van der Waals surface area contributed by atoms with Crippen molar-refractivity contribution >= 4 is 33.8 Å². The van der Waals surface area contributed by atoms with Gasteiger partial charge in [0.2, 0.25) is 0 Å². The van der Waals surface area contributed by atoms with Gasteiger partial charge < -0.3 is 15.0 Å². The highest BCUT2D eigenvalue weighted by Crippen LogP contribution is 2.22. The number of aromatic amines is 3. The first-order valence-corrected chi connectivity index (χ1v) is 11.3. The SMILES string of the molecule is [2H]/C(c1[nH]cnc1C(C)(C)C)=c1/[nH]c(=O)/c(=C/c2cccc(C(=O)c3ccc(Br)cc3)c2)[nH]c1=O. The number of ketones is 1. The molecule has 0 amide bonds. The van der Waals surface area contributed by atoms with Crippen LogP contribution in [0.3, 0.4) is 0 Å². The summed E-state index contributed by atoms with van der Waals surface area (Å²) < 4.78 is 9.37. The third-order valence-electron chi connectivity index (χ3n) is 5.12. The van der Waals surface area contributed by atoms with Crippen molar-refractivity contribution in [1.82, 2.24) is 19.9 Å². The fourth-order valence-corrected chi connectivity index (χ4v) is 3.72. The van der Waals surface area contributed by atoms with Crippen molar-refractivity contribution in [3.63, 3.8) is 0 Å². The second-order valence-electron chi connectivity index (χ2n) is 8.80. The van der Waals surface area contributed by atoms with E-state index < -0.39 is 11.1 Å². The number of imidazole rings is 1. The van der Waals surface area contributed by atoms with Gasteiger partial charge in [-0.25, -0.2) is 4.98 Å². The number of aromatic nitrogens is 4. The highest BCUT2D eigenvalue weighted by molar-refractivity contribution is 9.10. The van der Waals surface area contributed by atoms with Gasteiger partial charge in [-0.3, -0.25) is 14.4 Å². The summed E-state index contributed by atoms with van der Waals surface area (Å²) >= 11 is 3.35. The van der Waals surface area contributed by atoms with Gasteiger partial charge in [-0.15, -0.1) is 0 Å². The smallest absolute Gasteiger partial charge is 0.272 e. The Balaban J connectivity index is 1.77. The van der Waals surface area contributed by atoms with Gasteiger partial charge in [0, 0.05) is 21.0 Å². The molecule has 2 aromatic heterocycles. The largest absolute Gasteiger partial charge is 0.345 e. The standard InChI is InChI=1S/C26H23BrN4O3/c1-26(2,3)23-19(28-14-29-23)13-21-25(34)30-20(24(33)31-21)12-15-5-4-6-17(11-15)22(32)16-7-9-18(27)10-8-16/h4-14H,1-3H3,(H,28,29)(H,30,34)(H,31,33)/b20-12-,21-13-/i13D. The van der Waals surface area contributed by atoms with Gasteiger partial charge in [-0.1, -0.05) is 54.9 Å². The lowest BCUT2D eigenvalue weighted by molar-refractivity contribution is 0.103. The Morgan fingerprint density at radius 1 is 1.00 bits per heavy atom. The van der Waals surface area contributed by atoms with Crippen molar-refractivity contribution in [2.45, 2.75) is 26.2 Å². The van der Waals surface area contributed by atoms with Crippen molar-refractivity contribution < 1.29 is 6.17 Å². The minimum atomic E-state index is -0.614. The number of nitrogens with one attached hydrogen (secondary N) is 3. The second kappa shape index (κ2) is 9.23. The van der Waals surface area contributed by atoms with E-state index in [1.807, 2.05) is 20.8 Å². The molecule has 0 aliphatic carbocycles. The lowest BCUT2D eigenvalue weighted by atomic mass is 9.90. The van der Waals surface area contributed by atoms with E-state index in [0.717, 1.165) is 4.47 Å².